The van der Waals surface area contributed by atoms with E-state index in [1.165, 1.54) is 0 Å². The number of piperidine rings is 1. The maximum atomic E-state index is 12.0. The predicted molar refractivity (Wildman–Crippen MR) is 70.3 cm³/mol. The van der Waals surface area contributed by atoms with Gasteiger partial charge in [0.25, 0.3) is 0 Å². The SMILES string of the molecule is Cc1ccc(NC(=O)C2CCN(CCN)CC2)o1. The Morgan fingerprint density at radius 1 is 1.50 bits per heavy atom. The van der Waals surface area contributed by atoms with Crippen LogP contribution in [0, 0.1) is 12.8 Å². The molecule has 2 heterocycles. The van der Waals surface area contributed by atoms with Crippen LogP contribution in [0.2, 0.25) is 0 Å². The van der Waals surface area contributed by atoms with Crippen molar-refractivity contribution in [3.8, 4) is 0 Å². The molecular weight excluding hydrogens is 230 g/mol. The van der Waals surface area contributed by atoms with E-state index >= 15 is 0 Å². The Balaban J connectivity index is 1.80. The number of hydrogen-bond acceptors (Lipinski definition) is 4. The number of anilines is 1. The van der Waals surface area contributed by atoms with E-state index in [2.05, 4.69) is 10.2 Å². The van der Waals surface area contributed by atoms with Gasteiger partial charge in [0.1, 0.15) is 5.76 Å². The lowest BCUT2D eigenvalue weighted by atomic mass is 9.96. The van der Waals surface area contributed by atoms with Crippen LogP contribution < -0.4 is 11.1 Å². The molecule has 1 aromatic heterocycles. The molecule has 5 nitrogen and oxygen atoms in total. The van der Waals surface area contributed by atoms with Crippen molar-refractivity contribution < 1.29 is 9.21 Å². The molecule has 3 N–H and O–H groups in total. The summed E-state index contributed by atoms with van der Waals surface area (Å²) in [6, 6.07) is 3.64. The molecule has 0 spiro atoms. The molecule has 2 rings (SSSR count). The molecule has 1 fully saturated rings. The zero-order valence-electron chi connectivity index (χ0n) is 10.8. The molecule has 100 valence electrons. The van der Waals surface area contributed by atoms with Gasteiger partial charge in [0.15, 0.2) is 5.88 Å². The van der Waals surface area contributed by atoms with Crippen molar-refractivity contribution >= 4 is 11.8 Å². The third-order valence-electron chi connectivity index (χ3n) is 3.39. The van der Waals surface area contributed by atoms with E-state index in [9.17, 15) is 4.79 Å². The van der Waals surface area contributed by atoms with Crippen molar-refractivity contribution in [3.63, 3.8) is 0 Å². The molecule has 0 unspecified atom stereocenters. The van der Waals surface area contributed by atoms with Gasteiger partial charge in [0, 0.05) is 25.1 Å². The fourth-order valence-corrected chi connectivity index (χ4v) is 2.33. The van der Waals surface area contributed by atoms with Crippen LogP contribution >= 0.6 is 0 Å². The van der Waals surface area contributed by atoms with Crippen molar-refractivity contribution in [2.75, 3.05) is 31.5 Å². The molecule has 0 aliphatic carbocycles. The van der Waals surface area contributed by atoms with Crippen molar-refractivity contribution in [2.24, 2.45) is 11.7 Å². The summed E-state index contributed by atoms with van der Waals surface area (Å²) in [5.74, 6) is 1.51. The van der Waals surface area contributed by atoms with Gasteiger partial charge in [-0.15, -0.1) is 0 Å². The number of furan rings is 1. The average molecular weight is 251 g/mol. The van der Waals surface area contributed by atoms with Gasteiger partial charge >= 0.3 is 0 Å². The quantitative estimate of drug-likeness (QED) is 0.843. The van der Waals surface area contributed by atoms with Crippen LogP contribution in [-0.4, -0.2) is 37.0 Å². The number of nitrogens with one attached hydrogen (secondary N) is 1. The van der Waals surface area contributed by atoms with Crippen LogP contribution in [0.4, 0.5) is 5.88 Å². The number of carbonyl (C=O) groups is 1. The normalized spacial score (nSPS) is 17.9. The molecule has 1 aliphatic heterocycles. The minimum Gasteiger partial charge on any atom is -0.446 e. The predicted octanol–water partition coefficient (Wildman–Crippen LogP) is 1.20. The maximum absolute atomic E-state index is 12.0. The first-order valence-electron chi connectivity index (χ1n) is 6.49. The van der Waals surface area contributed by atoms with Crippen molar-refractivity contribution in [1.82, 2.24) is 4.90 Å². The minimum absolute atomic E-state index is 0.0664. The number of aryl methyl sites for hydroxylation is 1. The summed E-state index contributed by atoms with van der Waals surface area (Å²) in [4.78, 5) is 14.3. The first-order valence-corrected chi connectivity index (χ1v) is 6.49. The second-order valence-electron chi connectivity index (χ2n) is 4.80. The molecule has 0 atom stereocenters. The Kier molecular flexibility index (Phi) is 4.38. The summed E-state index contributed by atoms with van der Waals surface area (Å²) in [6.45, 7) is 5.37. The molecule has 0 bridgehead atoms. The topological polar surface area (TPSA) is 71.5 Å². The van der Waals surface area contributed by atoms with E-state index in [4.69, 9.17) is 10.2 Å². The van der Waals surface area contributed by atoms with E-state index < -0.39 is 0 Å². The minimum atomic E-state index is 0.0664. The zero-order chi connectivity index (χ0) is 13.0. The van der Waals surface area contributed by atoms with Crippen LogP contribution in [0.5, 0.6) is 0 Å². The second kappa shape index (κ2) is 6.02. The van der Waals surface area contributed by atoms with Gasteiger partial charge in [0.2, 0.25) is 5.91 Å². The van der Waals surface area contributed by atoms with Gasteiger partial charge in [-0.2, -0.15) is 0 Å². The number of carbonyl (C=O) groups excluding carboxylic acids is 1. The Morgan fingerprint density at radius 2 is 2.22 bits per heavy atom. The van der Waals surface area contributed by atoms with Crippen molar-refractivity contribution in [2.45, 2.75) is 19.8 Å². The monoisotopic (exact) mass is 251 g/mol. The summed E-state index contributed by atoms with van der Waals surface area (Å²) in [5.41, 5.74) is 5.52. The highest BCUT2D eigenvalue weighted by atomic mass is 16.4. The van der Waals surface area contributed by atoms with Crippen molar-refractivity contribution in [1.29, 1.82) is 0 Å². The average Bonchev–Trinajstić information content (AvgIpc) is 2.76. The highest BCUT2D eigenvalue weighted by molar-refractivity contribution is 5.91. The number of nitrogens with two attached hydrogens (primary N) is 1. The lowest BCUT2D eigenvalue weighted by Gasteiger charge is -2.30. The molecule has 5 heteroatoms. The van der Waals surface area contributed by atoms with E-state index in [0.717, 1.165) is 38.2 Å². The highest BCUT2D eigenvalue weighted by Gasteiger charge is 2.25. The Morgan fingerprint density at radius 3 is 2.78 bits per heavy atom. The second-order valence-corrected chi connectivity index (χ2v) is 4.80. The van der Waals surface area contributed by atoms with Crippen LogP contribution in [0.15, 0.2) is 16.5 Å². The van der Waals surface area contributed by atoms with Crippen LogP contribution in [0.25, 0.3) is 0 Å². The summed E-state index contributed by atoms with van der Waals surface area (Å²) < 4.78 is 5.35. The molecule has 18 heavy (non-hydrogen) atoms. The third kappa shape index (κ3) is 3.34. The molecule has 1 saturated heterocycles. The Labute approximate surface area is 107 Å². The smallest absolute Gasteiger partial charge is 0.229 e. The molecule has 0 aromatic carbocycles. The lowest BCUT2D eigenvalue weighted by molar-refractivity contribution is -0.121. The van der Waals surface area contributed by atoms with Crippen LogP contribution in [-0.2, 0) is 4.79 Å². The van der Waals surface area contributed by atoms with E-state index in [1.807, 2.05) is 13.0 Å². The number of hydrogen-bond donors (Lipinski definition) is 2. The van der Waals surface area contributed by atoms with E-state index in [1.54, 1.807) is 6.07 Å². The third-order valence-corrected chi connectivity index (χ3v) is 3.39. The standard InChI is InChI=1S/C13H21N3O2/c1-10-2-3-12(18-10)15-13(17)11-4-7-16(8-5-11)9-6-14/h2-3,11H,4-9,14H2,1H3,(H,15,17). The molecule has 1 aromatic rings. The molecular formula is C13H21N3O2. The summed E-state index contributed by atoms with van der Waals surface area (Å²) in [5, 5.41) is 2.83. The first-order chi connectivity index (χ1) is 8.69. The number of likely N-dealkylation sites (tertiary alicyclic amines) is 1. The number of nitrogens with zero attached hydrogens (tertiary/aromatic N) is 1. The summed E-state index contributed by atoms with van der Waals surface area (Å²) in [6.07, 6.45) is 1.79. The van der Waals surface area contributed by atoms with Gasteiger partial charge in [-0.1, -0.05) is 0 Å². The van der Waals surface area contributed by atoms with E-state index in [-0.39, 0.29) is 11.8 Å². The van der Waals surface area contributed by atoms with Gasteiger partial charge < -0.3 is 15.1 Å². The first kappa shape index (κ1) is 13.1. The largest absolute Gasteiger partial charge is 0.446 e. The number of amides is 1. The van der Waals surface area contributed by atoms with Gasteiger partial charge in [-0.3, -0.25) is 10.1 Å². The van der Waals surface area contributed by atoms with Crippen molar-refractivity contribution in [3.05, 3.63) is 17.9 Å². The maximum Gasteiger partial charge on any atom is 0.229 e. The van der Waals surface area contributed by atoms with Gasteiger partial charge in [0.05, 0.1) is 0 Å². The molecule has 1 aliphatic rings. The Hall–Kier alpha value is -1.33. The fourth-order valence-electron chi connectivity index (χ4n) is 2.33. The molecule has 0 radical (unpaired) electrons. The van der Waals surface area contributed by atoms with Crippen LogP contribution in [0.1, 0.15) is 18.6 Å². The molecule has 1 amide bonds. The van der Waals surface area contributed by atoms with Gasteiger partial charge in [-0.25, -0.2) is 0 Å². The van der Waals surface area contributed by atoms with Crippen LogP contribution in [0.3, 0.4) is 0 Å². The molecule has 0 saturated carbocycles. The summed E-state index contributed by atoms with van der Waals surface area (Å²) in [7, 11) is 0. The van der Waals surface area contributed by atoms with Gasteiger partial charge in [-0.05, 0) is 38.9 Å². The fraction of sp³-hybridized carbons (Fsp3) is 0.615. The zero-order valence-corrected chi connectivity index (χ0v) is 10.8. The summed E-state index contributed by atoms with van der Waals surface area (Å²) >= 11 is 0. The number of rotatable bonds is 4. The van der Waals surface area contributed by atoms with E-state index in [0.29, 0.717) is 12.4 Å². The Bertz CT molecular complexity index is 395. The highest BCUT2D eigenvalue weighted by Crippen LogP contribution is 2.20. The lowest BCUT2D eigenvalue weighted by Crippen LogP contribution is -2.40.